The molecule has 0 rings (SSSR count). The average Bonchev–Trinajstić information content (AvgIpc) is 2.09. The highest BCUT2D eigenvalue weighted by molar-refractivity contribution is 14.1. The van der Waals surface area contributed by atoms with Crippen molar-refractivity contribution in [3.05, 3.63) is 0 Å². The molecule has 0 aliphatic rings. The van der Waals surface area contributed by atoms with E-state index in [0.29, 0.717) is 0 Å². The molecule has 0 fully saturated rings. The Labute approximate surface area is 100 Å². The Morgan fingerprint density at radius 1 is 1.36 bits per heavy atom. The molecule has 84 valence electrons. The summed E-state index contributed by atoms with van der Waals surface area (Å²) in [5, 5.41) is 0. The first-order chi connectivity index (χ1) is 6.43. The summed E-state index contributed by atoms with van der Waals surface area (Å²) in [4.78, 5) is 13.2. The molecule has 0 aliphatic carbocycles. The molecular formula is C10H20INO2. The molecule has 0 heterocycles. The van der Waals surface area contributed by atoms with Crippen LogP contribution < -0.4 is 0 Å². The van der Waals surface area contributed by atoms with Gasteiger partial charge in [0.15, 0.2) is 0 Å². The lowest BCUT2D eigenvalue weighted by molar-refractivity contribution is 0.0829. The van der Waals surface area contributed by atoms with Gasteiger partial charge in [0, 0.05) is 12.1 Å². The molecule has 4 heteroatoms. The van der Waals surface area contributed by atoms with Gasteiger partial charge in [-0.15, -0.1) is 0 Å². The molecule has 0 aromatic rings. The minimum Gasteiger partial charge on any atom is -0.453 e. The van der Waals surface area contributed by atoms with Crippen molar-refractivity contribution in [2.75, 3.05) is 18.1 Å². The fourth-order valence-electron chi connectivity index (χ4n) is 1.18. The van der Waals surface area contributed by atoms with E-state index in [4.69, 9.17) is 4.74 Å². The van der Waals surface area contributed by atoms with E-state index in [2.05, 4.69) is 22.6 Å². The number of methoxy groups -OCH3 is 1. The van der Waals surface area contributed by atoms with E-state index in [-0.39, 0.29) is 11.6 Å². The van der Waals surface area contributed by atoms with Crippen molar-refractivity contribution in [1.82, 2.24) is 4.90 Å². The van der Waals surface area contributed by atoms with Crippen LogP contribution in [0.25, 0.3) is 0 Å². The summed E-state index contributed by atoms with van der Waals surface area (Å²) in [5.74, 6) is 0. The van der Waals surface area contributed by atoms with Gasteiger partial charge in [-0.2, -0.15) is 0 Å². The van der Waals surface area contributed by atoms with E-state index in [9.17, 15) is 4.79 Å². The molecular weight excluding hydrogens is 293 g/mol. The molecule has 3 nitrogen and oxygen atoms in total. The zero-order chi connectivity index (χ0) is 11.2. The van der Waals surface area contributed by atoms with E-state index < -0.39 is 0 Å². The van der Waals surface area contributed by atoms with Crippen molar-refractivity contribution in [3.63, 3.8) is 0 Å². The molecule has 0 spiro atoms. The van der Waals surface area contributed by atoms with Crippen LogP contribution in [0.1, 0.15) is 33.6 Å². The monoisotopic (exact) mass is 313 g/mol. The standard InChI is InChI=1S/C10H20INO2/c1-10(2,3)12(9(13)14-4)8-6-5-7-11/h5-8H2,1-4H3. The minimum absolute atomic E-state index is 0.154. The zero-order valence-electron chi connectivity index (χ0n) is 9.47. The van der Waals surface area contributed by atoms with Crippen LogP contribution in [0.15, 0.2) is 0 Å². The van der Waals surface area contributed by atoms with Crippen molar-refractivity contribution in [2.45, 2.75) is 39.2 Å². The lowest BCUT2D eigenvalue weighted by atomic mass is 10.1. The summed E-state index contributed by atoms with van der Waals surface area (Å²) in [7, 11) is 1.43. The van der Waals surface area contributed by atoms with Crippen LogP contribution >= 0.6 is 22.6 Å². The zero-order valence-corrected chi connectivity index (χ0v) is 11.6. The summed E-state index contributed by atoms with van der Waals surface area (Å²) in [6.45, 7) is 6.84. The van der Waals surface area contributed by atoms with Gasteiger partial charge < -0.3 is 9.64 Å². The number of alkyl halides is 1. The van der Waals surface area contributed by atoms with Crippen molar-refractivity contribution in [1.29, 1.82) is 0 Å². The SMILES string of the molecule is COC(=O)N(CCCCI)C(C)(C)C. The molecule has 0 N–H and O–H groups in total. The summed E-state index contributed by atoms with van der Waals surface area (Å²) in [6.07, 6.45) is 1.95. The number of hydrogen-bond acceptors (Lipinski definition) is 2. The second-order valence-corrected chi connectivity index (χ2v) is 5.27. The van der Waals surface area contributed by atoms with Gasteiger partial charge in [-0.3, -0.25) is 0 Å². The topological polar surface area (TPSA) is 29.5 Å². The molecule has 0 atom stereocenters. The highest BCUT2D eigenvalue weighted by Gasteiger charge is 2.26. The van der Waals surface area contributed by atoms with Crippen LogP contribution in [0.5, 0.6) is 0 Å². The largest absolute Gasteiger partial charge is 0.453 e. The highest BCUT2D eigenvalue weighted by Crippen LogP contribution is 2.15. The quantitative estimate of drug-likeness (QED) is 0.453. The molecule has 0 saturated heterocycles. The number of carbonyl (C=O) groups excluding carboxylic acids is 1. The maximum atomic E-state index is 11.5. The van der Waals surface area contributed by atoms with E-state index in [1.807, 2.05) is 20.8 Å². The number of unbranched alkanes of at least 4 members (excludes halogenated alkanes) is 1. The number of ether oxygens (including phenoxy) is 1. The molecule has 0 aliphatic heterocycles. The number of hydrogen-bond donors (Lipinski definition) is 0. The molecule has 0 aromatic carbocycles. The first-order valence-electron chi connectivity index (χ1n) is 4.85. The lowest BCUT2D eigenvalue weighted by Crippen LogP contribution is -2.46. The Hall–Kier alpha value is 0. The number of halogens is 1. The van der Waals surface area contributed by atoms with Gasteiger partial charge in [-0.25, -0.2) is 4.79 Å². The van der Waals surface area contributed by atoms with E-state index in [0.717, 1.165) is 23.8 Å². The van der Waals surface area contributed by atoms with Gasteiger partial charge in [0.2, 0.25) is 0 Å². The van der Waals surface area contributed by atoms with E-state index in [1.165, 1.54) is 7.11 Å². The highest BCUT2D eigenvalue weighted by atomic mass is 127. The van der Waals surface area contributed by atoms with Crippen LogP contribution in [-0.2, 0) is 4.74 Å². The van der Waals surface area contributed by atoms with Crippen molar-refractivity contribution >= 4 is 28.7 Å². The molecule has 0 radical (unpaired) electrons. The normalized spacial score (nSPS) is 11.2. The second kappa shape index (κ2) is 6.48. The van der Waals surface area contributed by atoms with Crippen molar-refractivity contribution < 1.29 is 9.53 Å². The Morgan fingerprint density at radius 2 is 1.93 bits per heavy atom. The van der Waals surface area contributed by atoms with Crippen LogP contribution in [0.2, 0.25) is 0 Å². The van der Waals surface area contributed by atoms with Crippen molar-refractivity contribution in [2.24, 2.45) is 0 Å². The summed E-state index contributed by atoms with van der Waals surface area (Å²) in [5.41, 5.74) is -0.154. The predicted molar refractivity (Wildman–Crippen MR) is 67.0 cm³/mol. The Bertz CT molecular complexity index is 177. The number of rotatable bonds is 4. The second-order valence-electron chi connectivity index (χ2n) is 4.19. The Morgan fingerprint density at radius 3 is 2.29 bits per heavy atom. The van der Waals surface area contributed by atoms with E-state index in [1.54, 1.807) is 4.90 Å². The van der Waals surface area contributed by atoms with Crippen LogP contribution in [0.3, 0.4) is 0 Å². The Balaban J connectivity index is 4.19. The number of amides is 1. The fourth-order valence-corrected chi connectivity index (χ4v) is 1.71. The lowest BCUT2D eigenvalue weighted by Gasteiger charge is -2.34. The number of carbonyl (C=O) groups is 1. The molecule has 0 unspecified atom stereocenters. The van der Waals surface area contributed by atoms with Crippen LogP contribution in [0, 0.1) is 0 Å². The van der Waals surface area contributed by atoms with Crippen molar-refractivity contribution in [3.8, 4) is 0 Å². The average molecular weight is 313 g/mol. The Kier molecular flexibility index (Phi) is 6.48. The summed E-state index contributed by atoms with van der Waals surface area (Å²) >= 11 is 2.35. The third-order valence-electron chi connectivity index (χ3n) is 1.97. The van der Waals surface area contributed by atoms with E-state index >= 15 is 0 Å². The maximum absolute atomic E-state index is 11.5. The molecule has 1 amide bonds. The van der Waals surface area contributed by atoms with Gasteiger partial charge in [0.05, 0.1) is 7.11 Å². The smallest absolute Gasteiger partial charge is 0.409 e. The maximum Gasteiger partial charge on any atom is 0.409 e. The molecule has 0 bridgehead atoms. The van der Waals surface area contributed by atoms with Gasteiger partial charge in [-0.1, -0.05) is 22.6 Å². The van der Waals surface area contributed by atoms with Gasteiger partial charge in [-0.05, 0) is 38.0 Å². The molecule has 14 heavy (non-hydrogen) atoms. The third-order valence-corrected chi connectivity index (χ3v) is 2.73. The first kappa shape index (κ1) is 14.0. The van der Waals surface area contributed by atoms with Gasteiger partial charge in [0.1, 0.15) is 0 Å². The van der Waals surface area contributed by atoms with Crippen LogP contribution in [0.4, 0.5) is 4.79 Å². The predicted octanol–water partition coefficient (Wildman–Crippen LogP) is 3.07. The molecule has 0 aromatic heterocycles. The van der Waals surface area contributed by atoms with Gasteiger partial charge in [0.25, 0.3) is 0 Å². The fraction of sp³-hybridized carbons (Fsp3) is 0.900. The van der Waals surface area contributed by atoms with Gasteiger partial charge >= 0.3 is 6.09 Å². The molecule has 0 saturated carbocycles. The number of nitrogens with zero attached hydrogens (tertiary/aromatic N) is 1. The summed E-state index contributed by atoms with van der Waals surface area (Å²) in [6, 6.07) is 0. The first-order valence-corrected chi connectivity index (χ1v) is 6.37. The minimum atomic E-state index is -0.231. The third kappa shape index (κ3) is 5.02. The summed E-state index contributed by atoms with van der Waals surface area (Å²) < 4.78 is 5.89. The van der Waals surface area contributed by atoms with Crippen LogP contribution in [-0.4, -0.2) is 34.6 Å².